The fourth-order valence-corrected chi connectivity index (χ4v) is 5.26. The van der Waals surface area contributed by atoms with Gasteiger partial charge in [0.25, 0.3) is 0 Å². The maximum atomic E-state index is 12.7. The average molecular weight is 503 g/mol. The van der Waals surface area contributed by atoms with Crippen molar-refractivity contribution in [3.63, 3.8) is 0 Å². The molecule has 0 aromatic heterocycles. The van der Waals surface area contributed by atoms with Crippen LogP contribution in [-0.4, -0.2) is 25.5 Å². The quantitative estimate of drug-likeness (QED) is 0.287. The molecule has 0 radical (unpaired) electrons. The summed E-state index contributed by atoms with van der Waals surface area (Å²) in [6.45, 7) is 13.4. The van der Waals surface area contributed by atoms with Crippen LogP contribution in [0.4, 0.5) is 0 Å². The van der Waals surface area contributed by atoms with Crippen LogP contribution in [0.25, 0.3) is 12.2 Å². The zero-order valence-corrected chi connectivity index (χ0v) is 23.5. The molecule has 2 fully saturated rings. The number of esters is 1. The number of hydrogen-bond donors (Lipinski definition) is 0. The van der Waals surface area contributed by atoms with E-state index in [0.717, 1.165) is 41.7 Å². The average Bonchev–Trinajstić information content (AvgIpc) is 3.18. The fourth-order valence-electron chi connectivity index (χ4n) is 5.26. The van der Waals surface area contributed by atoms with Crippen molar-refractivity contribution in [1.82, 2.24) is 0 Å². The van der Waals surface area contributed by atoms with Crippen LogP contribution in [0.15, 0.2) is 60.2 Å². The molecular formula is C33H42O4. The third-order valence-corrected chi connectivity index (χ3v) is 8.23. The molecule has 2 aliphatic rings. The number of ether oxygens (including phenoxy) is 2. The van der Waals surface area contributed by atoms with Gasteiger partial charge in [-0.15, -0.1) is 0 Å². The Morgan fingerprint density at radius 2 is 1.65 bits per heavy atom. The Hall–Kier alpha value is -3.14. The lowest BCUT2D eigenvalue weighted by Crippen LogP contribution is -2.32. The van der Waals surface area contributed by atoms with E-state index >= 15 is 0 Å². The van der Waals surface area contributed by atoms with Crippen molar-refractivity contribution in [3.05, 3.63) is 76.9 Å². The van der Waals surface area contributed by atoms with Crippen molar-refractivity contribution in [2.24, 2.45) is 22.7 Å². The summed E-state index contributed by atoms with van der Waals surface area (Å²) < 4.78 is 10.1. The van der Waals surface area contributed by atoms with Gasteiger partial charge in [0.05, 0.1) is 13.7 Å². The number of Topliss-reactive ketones (excluding diaryl/α,β-unsaturated/α-hetero) is 1. The Bertz CT molecular complexity index is 1140. The van der Waals surface area contributed by atoms with Gasteiger partial charge in [-0.2, -0.15) is 0 Å². The highest BCUT2D eigenvalue weighted by Crippen LogP contribution is 2.65. The summed E-state index contributed by atoms with van der Waals surface area (Å²) in [7, 11) is 1.62. The Kier molecular flexibility index (Phi) is 9.17. The molecule has 4 nitrogen and oxygen atoms in total. The fraction of sp³-hybridized carbons (Fsp3) is 0.455. The van der Waals surface area contributed by atoms with Crippen molar-refractivity contribution < 1.29 is 19.1 Å². The zero-order valence-electron chi connectivity index (χ0n) is 23.5. The lowest BCUT2D eigenvalue weighted by molar-refractivity contribution is -0.138. The Balaban J connectivity index is 0.000000206. The van der Waals surface area contributed by atoms with E-state index < -0.39 is 0 Å². The van der Waals surface area contributed by atoms with Crippen molar-refractivity contribution in [3.8, 4) is 5.75 Å². The molecule has 2 aliphatic carbocycles. The van der Waals surface area contributed by atoms with Crippen LogP contribution in [0.5, 0.6) is 5.75 Å². The number of benzene rings is 2. The topological polar surface area (TPSA) is 52.6 Å². The maximum absolute atomic E-state index is 12.7. The van der Waals surface area contributed by atoms with Crippen LogP contribution < -0.4 is 4.74 Å². The van der Waals surface area contributed by atoms with Gasteiger partial charge in [-0.1, -0.05) is 76.6 Å². The number of rotatable bonds is 7. The van der Waals surface area contributed by atoms with E-state index in [1.54, 1.807) is 13.2 Å². The van der Waals surface area contributed by atoms with Crippen molar-refractivity contribution in [2.75, 3.05) is 13.7 Å². The van der Waals surface area contributed by atoms with Crippen molar-refractivity contribution in [2.45, 2.75) is 60.8 Å². The van der Waals surface area contributed by atoms with Gasteiger partial charge in [-0.25, -0.2) is 4.79 Å². The van der Waals surface area contributed by atoms with Crippen molar-refractivity contribution in [1.29, 1.82) is 0 Å². The van der Waals surface area contributed by atoms with Crippen molar-refractivity contribution >= 4 is 23.9 Å². The summed E-state index contributed by atoms with van der Waals surface area (Å²) in [6, 6.07) is 15.9. The molecule has 0 saturated heterocycles. The van der Waals surface area contributed by atoms with Gasteiger partial charge in [0, 0.05) is 11.5 Å². The van der Waals surface area contributed by atoms with E-state index in [1.165, 1.54) is 11.6 Å². The summed E-state index contributed by atoms with van der Waals surface area (Å²) in [5, 5.41) is 0. The van der Waals surface area contributed by atoms with E-state index in [-0.39, 0.29) is 16.8 Å². The molecule has 198 valence electrons. The lowest BCUT2D eigenvalue weighted by Gasteiger charge is -2.31. The Morgan fingerprint density at radius 3 is 2.19 bits per heavy atom. The van der Waals surface area contributed by atoms with E-state index in [0.29, 0.717) is 24.2 Å². The lowest BCUT2D eigenvalue weighted by atomic mass is 9.70. The van der Waals surface area contributed by atoms with Crippen LogP contribution in [0.3, 0.4) is 0 Å². The van der Waals surface area contributed by atoms with Crippen LogP contribution in [0, 0.1) is 29.6 Å². The third-order valence-electron chi connectivity index (χ3n) is 8.23. The predicted octanol–water partition coefficient (Wildman–Crippen LogP) is 7.70. The largest absolute Gasteiger partial charge is 0.497 e. The molecule has 0 N–H and O–H groups in total. The number of carbonyl (C=O) groups excluding carboxylic acids is 2. The highest BCUT2D eigenvalue weighted by atomic mass is 16.5. The molecule has 0 spiro atoms. The van der Waals surface area contributed by atoms with Gasteiger partial charge >= 0.3 is 5.97 Å². The minimum Gasteiger partial charge on any atom is -0.497 e. The minimum absolute atomic E-state index is 0.112. The molecule has 4 rings (SSSR count). The molecule has 2 bridgehead atoms. The number of carbonyl (C=O) groups is 2. The maximum Gasteiger partial charge on any atom is 0.330 e. The van der Waals surface area contributed by atoms with Gasteiger partial charge in [0.1, 0.15) is 5.75 Å². The van der Waals surface area contributed by atoms with Gasteiger partial charge in [0.2, 0.25) is 0 Å². The second-order valence-corrected chi connectivity index (χ2v) is 11.4. The second kappa shape index (κ2) is 11.9. The number of fused-ring (bicyclic) bond motifs is 2. The smallest absolute Gasteiger partial charge is 0.330 e. The number of hydrogen-bond acceptors (Lipinski definition) is 4. The molecule has 2 unspecified atom stereocenters. The normalized spacial score (nSPS) is 22.9. The van der Waals surface area contributed by atoms with Gasteiger partial charge in [-0.3, -0.25) is 4.79 Å². The second-order valence-electron chi connectivity index (χ2n) is 11.4. The molecule has 0 heterocycles. The highest BCUT2D eigenvalue weighted by Gasteiger charge is 2.63. The number of aryl methyl sites for hydroxylation is 1. The predicted molar refractivity (Wildman–Crippen MR) is 151 cm³/mol. The summed E-state index contributed by atoms with van der Waals surface area (Å²) in [4.78, 5) is 24.1. The summed E-state index contributed by atoms with van der Waals surface area (Å²) in [5.74, 6) is 1.86. The first-order valence-corrected chi connectivity index (χ1v) is 13.3. The first kappa shape index (κ1) is 28.4. The minimum atomic E-state index is -0.300. The molecule has 37 heavy (non-hydrogen) atoms. The molecule has 0 amide bonds. The molecule has 4 heteroatoms. The van der Waals surface area contributed by atoms with Crippen LogP contribution in [0.1, 0.15) is 70.6 Å². The van der Waals surface area contributed by atoms with E-state index in [9.17, 15) is 9.59 Å². The van der Waals surface area contributed by atoms with Gasteiger partial charge in [0.15, 0.2) is 5.78 Å². The Labute approximate surface area is 222 Å². The number of ketones is 1. The Morgan fingerprint density at radius 1 is 1.03 bits per heavy atom. The molecule has 2 aromatic rings. The summed E-state index contributed by atoms with van der Waals surface area (Å²) in [6.07, 6.45) is 8.40. The third kappa shape index (κ3) is 6.60. The zero-order chi connectivity index (χ0) is 27.2. The van der Waals surface area contributed by atoms with Crippen LogP contribution in [0.2, 0.25) is 0 Å². The first-order valence-electron chi connectivity index (χ1n) is 13.3. The molecule has 0 aliphatic heterocycles. The van der Waals surface area contributed by atoms with Gasteiger partial charge < -0.3 is 9.47 Å². The highest BCUT2D eigenvalue weighted by molar-refractivity contribution is 6.07. The molecular weight excluding hydrogens is 460 g/mol. The monoisotopic (exact) mass is 502 g/mol. The van der Waals surface area contributed by atoms with E-state index in [2.05, 4.69) is 71.9 Å². The first-order chi connectivity index (χ1) is 17.5. The molecule has 2 saturated carbocycles. The van der Waals surface area contributed by atoms with Crippen LogP contribution >= 0.6 is 0 Å². The van der Waals surface area contributed by atoms with E-state index in [1.807, 2.05) is 24.3 Å². The van der Waals surface area contributed by atoms with Crippen LogP contribution in [-0.2, 0) is 14.3 Å². The molecule has 2 atom stereocenters. The number of methoxy groups -OCH3 is 1. The summed E-state index contributed by atoms with van der Waals surface area (Å²) >= 11 is 0. The number of allylic oxidation sites excluding steroid dienone is 1. The molecule has 2 aromatic carbocycles. The SMILES string of the molecule is COc1ccc(C=CC(=O)OCCC(C)C)cc1.Cc1ccc(C=C2C(=O)C3(C)CCC2C3(C)C)cc1. The van der Waals surface area contributed by atoms with E-state index in [4.69, 9.17) is 9.47 Å². The standard InChI is InChI=1S/C18H22O.C15H20O3/c1-12-5-7-13(8-6-12)11-14-15-9-10-18(4,16(14)19)17(15,2)3;1-12(2)10-11-18-15(16)9-6-13-4-7-14(17-3)8-5-13/h5-8,11,15H,9-10H2,1-4H3;4-9,12H,10-11H2,1-3H3. The summed E-state index contributed by atoms with van der Waals surface area (Å²) in [5.41, 5.74) is 4.38. The van der Waals surface area contributed by atoms with Gasteiger partial charge in [-0.05, 0) is 84.4 Å².